The Balaban J connectivity index is 1.62. The second-order valence-corrected chi connectivity index (χ2v) is 6.91. The zero-order valence-corrected chi connectivity index (χ0v) is 15.6. The van der Waals surface area contributed by atoms with E-state index in [4.69, 9.17) is 4.74 Å². The van der Waals surface area contributed by atoms with Crippen LogP contribution in [0.3, 0.4) is 0 Å². The average Bonchev–Trinajstić information content (AvgIpc) is 2.68. The molecule has 2 aliphatic heterocycles. The topological polar surface area (TPSA) is 78.9 Å². The van der Waals surface area contributed by atoms with Gasteiger partial charge in [0.15, 0.2) is 0 Å². The van der Waals surface area contributed by atoms with Gasteiger partial charge in [0.1, 0.15) is 5.69 Å². The second kappa shape index (κ2) is 8.33. The van der Waals surface area contributed by atoms with Crippen LogP contribution in [0.4, 0.5) is 10.7 Å². The number of anilines is 1. The molecule has 8 nitrogen and oxygen atoms in total. The van der Waals surface area contributed by atoms with E-state index in [-0.39, 0.29) is 12.0 Å². The highest BCUT2D eigenvalue weighted by Crippen LogP contribution is 2.20. The normalized spacial score (nSPS) is 20.8. The quantitative estimate of drug-likeness (QED) is 0.814. The number of carbonyl (C=O) groups is 2. The molecule has 0 aromatic carbocycles. The van der Waals surface area contributed by atoms with Gasteiger partial charge in [0.05, 0.1) is 6.61 Å². The molecule has 3 heterocycles. The van der Waals surface area contributed by atoms with Crippen molar-refractivity contribution in [1.82, 2.24) is 19.8 Å². The van der Waals surface area contributed by atoms with E-state index in [0.29, 0.717) is 50.3 Å². The minimum atomic E-state index is -0.317. The van der Waals surface area contributed by atoms with Gasteiger partial charge in [-0.2, -0.15) is 0 Å². The summed E-state index contributed by atoms with van der Waals surface area (Å²) in [6.07, 6.45) is 3.69. The fourth-order valence-corrected chi connectivity index (χ4v) is 3.46. The maximum atomic E-state index is 12.8. The molecule has 3 rings (SSSR count). The van der Waals surface area contributed by atoms with Crippen molar-refractivity contribution < 1.29 is 14.3 Å². The van der Waals surface area contributed by atoms with Gasteiger partial charge in [-0.1, -0.05) is 6.92 Å². The van der Waals surface area contributed by atoms with Crippen molar-refractivity contribution in [2.75, 3.05) is 50.8 Å². The number of aromatic nitrogens is 2. The molecule has 2 amide bonds. The Morgan fingerprint density at radius 2 is 1.92 bits per heavy atom. The molecule has 0 saturated carbocycles. The maximum absolute atomic E-state index is 12.8. The van der Waals surface area contributed by atoms with E-state index in [9.17, 15) is 9.59 Å². The third kappa shape index (κ3) is 4.23. The number of ether oxygens (including phenoxy) is 1. The van der Waals surface area contributed by atoms with Gasteiger partial charge < -0.3 is 19.4 Å². The zero-order valence-electron chi connectivity index (χ0n) is 15.6. The highest BCUT2D eigenvalue weighted by Gasteiger charge is 2.27. The summed E-state index contributed by atoms with van der Waals surface area (Å²) in [7, 11) is 0. The predicted molar refractivity (Wildman–Crippen MR) is 97.1 cm³/mol. The molecule has 26 heavy (non-hydrogen) atoms. The van der Waals surface area contributed by atoms with Crippen molar-refractivity contribution in [1.29, 1.82) is 0 Å². The lowest BCUT2D eigenvalue weighted by Crippen LogP contribution is -2.51. The molecular weight excluding hydrogens is 334 g/mol. The minimum absolute atomic E-state index is 0.109. The third-order valence-electron chi connectivity index (χ3n) is 4.89. The Kier molecular flexibility index (Phi) is 5.90. The van der Waals surface area contributed by atoms with Crippen LogP contribution in [-0.2, 0) is 4.74 Å². The molecule has 0 radical (unpaired) electrons. The van der Waals surface area contributed by atoms with Crippen molar-refractivity contribution >= 4 is 17.9 Å². The van der Waals surface area contributed by atoms with Crippen LogP contribution in [0.15, 0.2) is 12.3 Å². The summed E-state index contributed by atoms with van der Waals surface area (Å²) in [5.41, 5.74) is 0.415. The number of rotatable bonds is 3. The Morgan fingerprint density at radius 3 is 2.62 bits per heavy atom. The summed E-state index contributed by atoms with van der Waals surface area (Å²) in [6.45, 7) is 8.15. The van der Waals surface area contributed by atoms with Crippen molar-refractivity contribution in [2.24, 2.45) is 5.92 Å². The molecule has 1 atom stereocenters. The van der Waals surface area contributed by atoms with Gasteiger partial charge in [-0.15, -0.1) is 0 Å². The first-order chi connectivity index (χ1) is 12.6. The molecule has 2 saturated heterocycles. The maximum Gasteiger partial charge on any atom is 0.409 e. The monoisotopic (exact) mass is 361 g/mol. The third-order valence-corrected chi connectivity index (χ3v) is 4.89. The van der Waals surface area contributed by atoms with E-state index >= 15 is 0 Å². The summed E-state index contributed by atoms with van der Waals surface area (Å²) >= 11 is 0. The smallest absolute Gasteiger partial charge is 0.409 e. The van der Waals surface area contributed by atoms with E-state index in [0.717, 1.165) is 19.5 Å². The summed E-state index contributed by atoms with van der Waals surface area (Å²) in [4.78, 5) is 38.9. The molecule has 0 aliphatic carbocycles. The zero-order chi connectivity index (χ0) is 18.5. The van der Waals surface area contributed by atoms with Crippen LogP contribution >= 0.6 is 0 Å². The van der Waals surface area contributed by atoms with Gasteiger partial charge in [-0.3, -0.25) is 4.79 Å². The molecule has 0 bridgehead atoms. The molecule has 0 N–H and O–H groups in total. The number of piperazine rings is 1. The highest BCUT2D eigenvalue weighted by atomic mass is 16.6. The van der Waals surface area contributed by atoms with Crippen molar-refractivity contribution in [3.05, 3.63) is 18.0 Å². The van der Waals surface area contributed by atoms with Crippen molar-refractivity contribution in [2.45, 2.75) is 26.7 Å². The molecule has 8 heteroatoms. The lowest BCUT2D eigenvalue weighted by Gasteiger charge is -2.34. The SMILES string of the molecule is CCOC(=O)N1CCN(C(=O)c2ccnc(N3CCCC(C)C3)n2)CC1. The highest BCUT2D eigenvalue weighted by molar-refractivity contribution is 5.92. The number of hydrogen-bond donors (Lipinski definition) is 0. The van der Waals surface area contributed by atoms with Crippen LogP contribution in [0, 0.1) is 5.92 Å². The molecule has 1 aromatic rings. The molecule has 1 unspecified atom stereocenters. The molecule has 1 aromatic heterocycles. The summed E-state index contributed by atoms with van der Waals surface area (Å²) < 4.78 is 5.01. The van der Waals surface area contributed by atoms with Crippen LogP contribution in [0.2, 0.25) is 0 Å². The number of nitrogens with zero attached hydrogens (tertiary/aromatic N) is 5. The summed E-state index contributed by atoms with van der Waals surface area (Å²) in [5.74, 6) is 1.14. The van der Waals surface area contributed by atoms with E-state index in [1.54, 1.807) is 29.0 Å². The predicted octanol–water partition coefficient (Wildman–Crippen LogP) is 1.63. The van der Waals surface area contributed by atoms with Gasteiger partial charge in [-0.05, 0) is 31.7 Å². The fourth-order valence-electron chi connectivity index (χ4n) is 3.46. The first-order valence-corrected chi connectivity index (χ1v) is 9.37. The van der Waals surface area contributed by atoms with E-state index < -0.39 is 0 Å². The van der Waals surface area contributed by atoms with Crippen LogP contribution < -0.4 is 4.90 Å². The van der Waals surface area contributed by atoms with Crippen LogP contribution in [0.25, 0.3) is 0 Å². The molecule has 0 spiro atoms. The lowest BCUT2D eigenvalue weighted by molar-refractivity contribution is 0.0566. The Bertz CT molecular complexity index is 645. The molecule has 142 valence electrons. The van der Waals surface area contributed by atoms with Crippen molar-refractivity contribution in [3.63, 3.8) is 0 Å². The van der Waals surface area contributed by atoms with Crippen LogP contribution in [0.5, 0.6) is 0 Å². The minimum Gasteiger partial charge on any atom is -0.450 e. The number of amides is 2. The van der Waals surface area contributed by atoms with Crippen LogP contribution in [0.1, 0.15) is 37.2 Å². The Labute approximate surface area is 154 Å². The van der Waals surface area contributed by atoms with Gasteiger partial charge in [0.2, 0.25) is 5.95 Å². The first kappa shape index (κ1) is 18.4. The van der Waals surface area contributed by atoms with E-state index in [1.165, 1.54) is 6.42 Å². The average molecular weight is 361 g/mol. The van der Waals surface area contributed by atoms with Crippen LogP contribution in [-0.4, -0.2) is 77.6 Å². The Morgan fingerprint density at radius 1 is 1.19 bits per heavy atom. The fraction of sp³-hybridized carbons (Fsp3) is 0.667. The molecule has 2 aliphatic rings. The number of hydrogen-bond acceptors (Lipinski definition) is 6. The van der Waals surface area contributed by atoms with E-state index in [2.05, 4.69) is 21.8 Å². The molecular formula is C18H27N5O3. The standard InChI is InChI=1S/C18H27N5O3/c1-3-26-18(25)22-11-9-21(10-12-22)16(24)15-6-7-19-17(20-15)23-8-4-5-14(2)13-23/h6-7,14H,3-5,8-13H2,1-2H3. The van der Waals surface area contributed by atoms with Gasteiger partial charge in [0, 0.05) is 45.5 Å². The Hall–Kier alpha value is -2.38. The number of carbonyl (C=O) groups excluding carboxylic acids is 2. The van der Waals surface area contributed by atoms with Gasteiger partial charge in [0.25, 0.3) is 5.91 Å². The van der Waals surface area contributed by atoms with E-state index in [1.807, 2.05) is 0 Å². The van der Waals surface area contributed by atoms with Gasteiger partial charge >= 0.3 is 6.09 Å². The second-order valence-electron chi connectivity index (χ2n) is 6.91. The summed E-state index contributed by atoms with van der Waals surface area (Å²) in [5, 5.41) is 0. The van der Waals surface area contributed by atoms with Crippen molar-refractivity contribution in [3.8, 4) is 0 Å². The number of piperidine rings is 1. The first-order valence-electron chi connectivity index (χ1n) is 9.37. The summed E-state index contributed by atoms with van der Waals surface area (Å²) in [6, 6.07) is 1.66. The lowest BCUT2D eigenvalue weighted by atomic mass is 10.0. The largest absolute Gasteiger partial charge is 0.450 e. The van der Waals surface area contributed by atoms with Gasteiger partial charge in [-0.25, -0.2) is 14.8 Å². The molecule has 2 fully saturated rings.